The van der Waals surface area contributed by atoms with Crippen molar-refractivity contribution in [1.29, 1.82) is 0 Å². The Hall–Kier alpha value is 1.72. The average molecular weight is 431 g/mol. The Labute approximate surface area is 246 Å². The average Bonchev–Trinajstić information content (AvgIpc) is 2.13. The predicted molar refractivity (Wildman–Crippen MR) is 87.7 cm³/mol. The van der Waals surface area contributed by atoms with Gasteiger partial charge < -0.3 is 47.1 Å². The van der Waals surface area contributed by atoms with E-state index in [1.807, 2.05) is 0 Å². The van der Waals surface area contributed by atoms with Crippen LogP contribution in [0.4, 0.5) is 0 Å². The van der Waals surface area contributed by atoms with Gasteiger partial charge in [-0.15, -0.1) is 0 Å². The van der Waals surface area contributed by atoms with Crippen LogP contribution in [0, 0.1) is 0 Å². The molecule has 0 fully saturated rings. The van der Waals surface area contributed by atoms with Crippen LogP contribution in [0.2, 0.25) is 0 Å². The molecule has 0 saturated heterocycles. The number of aliphatic carboxylic acids is 4. The fraction of sp³-hybridized carbons (Fsp3) is 0.600. The minimum Gasteiger partial charge on any atom is -1.00 e. The molecule has 0 saturated carbocycles. The van der Waals surface area contributed by atoms with E-state index in [2.05, 4.69) is 0 Å². The largest absolute Gasteiger partial charge is 1.00 e. The topological polar surface area (TPSA) is 264 Å². The first-order chi connectivity index (χ1) is 8.84. The Morgan fingerprint density at radius 2 is 0.654 bits per heavy atom. The Kier molecular flexibility index (Phi) is 195. The van der Waals surface area contributed by atoms with Crippen LogP contribution in [-0.4, -0.2) is 97.9 Å². The van der Waals surface area contributed by atoms with Gasteiger partial charge in [-0.1, -0.05) is 0 Å². The molecule has 0 bridgehead atoms. The number of rotatable bonds is 1. The van der Waals surface area contributed by atoms with Crippen molar-refractivity contribution in [2.75, 3.05) is 13.1 Å². The summed E-state index contributed by atoms with van der Waals surface area (Å²) in [4.78, 5) is 36.0. The standard InChI is InChI=1S/C2H8N2.4C2H4O2.4Na.2H2O.3H/c3-1-2-4;4*1-2(3)4;;;;;;;;;/h1-4H2;4*1H3,(H,3,4);;;;;2*1H2;;;/q;;;;;;3*+1;;;3*-1. The number of carboxylic acids is 4. The van der Waals surface area contributed by atoms with Crippen molar-refractivity contribution in [2.24, 2.45) is 11.5 Å². The van der Waals surface area contributed by atoms with Crippen molar-refractivity contribution in [3.05, 3.63) is 0 Å². The summed E-state index contributed by atoms with van der Waals surface area (Å²) in [5, 5.41) is 29.7. The molecule has 0 spiro atoms. The van der Waals surface area contributed by atoms with E-state index < -0.39 is 23.9 Å². The maximum absolute atomic E-state index is 9.00. The van der Waals surface area contributed by atoms with E-state index in [0.717, 1.165) is 27.7 Å². The maximum Gasteiger partial charge on any atom is 1.00 e. The summed E-state index contributed by atoms with van der Waals surface area (Å²) in [6, 6.07) is 0. The molecule has 0 rings (SSSR count). The predicted octanol–water partition coefficient (Wildman–Crippen LogP) is -11.4. The van der Waals surface area contributed by atoms with Gasteiger partial charge in [0.25, 0.3) is 23.9 Å². The number of nitrogens with two attached hydrogens (primary N) is 2. The Balaban J connectivity index is -0.00000000750. The minimum atomic E-state index is -0.833. The molecule has 0 aromatic rings. The van der Waals surface area contributed by atoms with Gasteiger partial charge in [0.2, 0.25) is 0 Å². The molecule has 1 radical (unpaired) electrons. The fourth-order valence-electron chi connectivity index (χ4n) is 0. The number of carbonyl (C=O) groups is 4. The smallest absolute Gasteiger partial charge is 1.00 e. The molecular weight excluding hydrogens is 400 g/mol. The minimum absolute atomic E-state index is 0. The van der Waals surface area contributed by atoms with Crippen molar-refractivity contribution in [3.63, 3.8) is 0 Å². The first kappa shape index (κ1) is 70.8. The van der Waals surface area contributed by atoms with Crippen molar-refractivity contribution < 1.29 is 144 Å². The van der Waals surface area contributed by atoms with Crippen molar-refractivity contribution in [1.82, 2.24) is 0 Å². The van der Waals surface area contributed by atoms with Gasteiger partial charge in [0, 0.05) is 70.3 Å². The molecule has 0 aromatic heterocycles. The number of hydrogen-bond donors (Lipinski definition) is 6. The molecule has 0 aliphatic heterocycles. The Bertz CT molecular complexity index is 222. The molecule has 12 N–H and O–H groups in total. The third-order valence-corrected chi connectivity index (χ3v) is 0.167. The maximum atomic E-state index is 9.00. The molecule has 12 nitrogen and oxygen atoms in total. The molecule has 0 aromatic carbocycles. The normalized spacial score (nSPS) is 5.00. The zero-order valence-electron chi connectivity index (χ0n) is 20.0. The Morgan fingerprint density at radius 3 is 0.654 bits per heavy atom. The van der Waals surface area contributed by atoms with Gasteiger partial charge in [-0.3, -0.25) is 19.2 Å². The Morgan fingerprint density at radius 1 is 0.615 bits per heavy atom. The molecule has 0 aliphatic carbocycles. The van der Waals surface area contributed by atoms with E-state index >= 15 is 0 Å². The van der Waals surface area contributed by atoms with E-state index in [-0.39, 0.29) is 133 Å². The molecule has 0 heterocycles. The van der Waals surface area contributed by atoms with Gasteiger partial charge in [-0.05, 0) is 0 Å². The first-order valence-corrected chi connectivity index (χ1v) is 5.03. The number of carboxylic acid groups (broad SMARTS) is 4. The van der Waals surface area contributed by atoms with Crippen LogP contribution in [0.25, 0.3) is 0 Å². The summed E-state index contributed by atoms with van der Waals surface area (Å²) >= 11 is 0. The van der Waals surface area contributed by atoms with Gasteiger partial charge in [-0.2, -0.15) is 0 Å². The van der Waals surface area contributed by atoms with E-state index in [0.29, 0.717) is 13.1 Å². The van der Waals surface area contributed by atoms with Crippen LogP contribution in [0.5, 0.6) is 0 Å². The van der Waals surface area contributed by atoms with Crippen LogP contribution in [0.15, 0.2) is 0 Å². The van der Waals surface area contributed by atoms with Crippen molar-refractivity contribution in [3.8, 4) is 0 Å². The second-order valence-electron chi connectivity index (χ2n) is 2.65. The molecular formula is C10H31N2Na4O10. The van der Waals surface area contributed by atoms with Gasteiger partial charge >= 0.3 is 88.7 Å². The second kappa shape index (κ2) is 71.5. The molecule has 145 valence electrons. The molecule has 0 aliphatic rings. The van der Waals surface area contributed by atoms with E-state index in [1.165, 1.54) is 0 Å². The summed E-state index contributed by atoms with van der Waals surface area (Å²) < 4.78 is 0. The van der Waals surface area contributed by atoms with E-state index in [4.69, 9.17) is 51.1 Å². The summed E-state index contributed by atoms with van der Waals surface area (Å²) in [6.07, 6.45) is 0. The van der Waals surface area contributed by atoms with Crippen molar-refractivity contribution >= 4 is 53.4 Å². The molecule has 0 unspecified atom stereocenters. The summed E-state index contributed by atoms with van der Waals surface area (Å²) in [5.74, 6) is -3.33. The number of hydrogen-bond acceptors (Lipinski definition) is 6. The van der Waals surface area contributed by atoms with Gasteiger partial charge in [0.15, 0.2) is 0 Å². The van der Waals surface area contributed by atoms with E-state index in [9.17, 15) is 0 Å². The van der Waals surface area contributed by atoms with Crippen molar-refractivity contribution in [2.45, 2.75) is 27.7 Å². The van der Waals surface area contributed by atoms with Crippen LogP contribution >= 0.6 is 0 Å². The van der Waals surface area contributed by atoms with Gasteiger partial charge in [0.05, 0.1) is 0 Å². The van der Waals surface area contributed by atoms with E-state index in [1.54, 1.807) is 0 Å². The second-order valence-corrected chi connectivity index (χ2v) is 2.65. The zero-order valence-corrected chi connectivity index (χ0v) is 25.0. The van der Waals surface area contributed by atoms with Gasteiger partial charge in [0.1, 0.15) is 0 Å². The third kappa shape index (κ3) is 2120. The molecule has 0 atom stereocenters. The molecule has 26 heavy (non-hydrogen) atoms. The van der Waals surface area contributed by atoms with Crippen LogP contribution in [-0.2, 0) is 19.2 Å². The van der Waals surface area contributed by atoms with Crippen LogP contribution in [0.1, 0.15) is 32.0 Å². The monoisotopic (exact) mass is 431 g/mol. The molecule has 16 heteroatoms. The summed E-state index contributed by atoms with van der Waals surface area (Å²) in [5.41, 5.74) is 9.81. The summed E-state index contributed by atoms with van der Waals surface area (Å²) in [6.45, 7) is 5.53. The quantitative estimate of drug-likeness (QED) is 0.213. The van der Waals surface area contributed by atoms with Crippen LogP contribution < -0.4 is 100 Å². The first-order valence-electron chi connectivity index (χ1n) is 5.03. The van der Waals surface area contributed by atoms with Crippen LogP contribution in [0.3, 0.4) is 0 Å². The third-order valence-electron chi connectivity index (χ3n) is 0.167. The fourth-order valence-corrected chi connectivity index (χ4v) is 0. The van der Waals surface area contributed by atoms with Gasteiger partial charge in [-0.25, -0.2) is 0 Å². The molecule has 0 amide bonds. The SMILES string of the molecule is CC(=O)O.CC(=O)O.CC(=O)O.CC(=O)O.NCCN.O.O.[H-].[H-].[H-].[Na+].[Na+].[Na+].[Na]. The zero-order chi connectivity index (χ0) is 17.7. The summed E-state index contributed by atoms with van der Waals surface area (Å²) in [7, 11) is 0.